The fraction of sp³-hybridized carbons (Fsp3) is 0.700. The number of nitriles is 1. The summed E-state index contributed by atoms with van der Waals surface area (Å²) >= 11 is 0. The average molecular weight is 258 g/mol. The molecule has 1 atom stereocenters. The van der Waals surface area contributed by atoms with Crippen molar-refractivity contribution in [1.82, 2.24) is 9.31 Å². The fourth-order valence-electron chi connectivity index (χ4n) is 1.91. The summed E-state index contributed by atoms with van der Waals surface area (Å²) in [5.74, 6) is 5.47. The van der Waals surface area contributed by atoms with Crippen LogP contribution >= 0.6 is 0 Å². The van der Waals surface area contributed by atoms with Gasteiger partial charge < -0.3 is 5.01 Å². The zero-order valence-electron chi connectivity index (χ0n) is 10.1. The molecule has 2 N–H and O–H groups in total. The third-order valence-corrected chi connectivity index (χ3v) is 5.14. The lowest BCUT2D eigenvalue weighted by Crippen LogP contribution is -2.74. The van der Waals surface area contributed by atoms with Gasteiger partial charge in [0.1, 0.15) is 0 Å². The van der Waals surface area contributed by atoms with Gasteiger partial charge in [-0.1, -0.05) is 6.58 Å². The normalized spacial score (nSPS) is 21.1. The molecule has 0 aromatic carbocycles. The molecular weight excluding hydrogens is 240 g/mol. The molecule has 0 aromatic heterocycles. The van der Waals surface area contributed by atoms with Crippen molar-refractivity contribution in [2.45, 2.75) is 19.4 Å². The minimum atomic E-state index is -3.21. The molecule has 1 aliphatic rings. The van der Waals surface area contributed by atoms with E-state index >= 15 is 0 Å². The Morgan fingerprint density at radius 2 is 2.24 bits per heavy atom. The summed E-state index contributed by atoms with van der Waals surface area (Å²) in [6.45, 7) is 7.36. The zero-order valence-corrected chi connectivity index (χ0v) is 10.9. The van der Waals surface area contributed by atoms with Crippen LogP contribution in [0.2, 0.25) is 0 Å². The number of nitrogens with two attached hydrogens (primary N) is 1. The van der Waals surface area contributed by atoms with Gasteiger partial charge in [-0.05, 0) is 13.8 Å². The molecule has 96 valence electrons. The van der Waals surface area contributed by atoms with Gasteiger partial charge in [-0.2, -0.15) is 9.57 Å². The highest BCUT2D eigenvalue weighted by molar-refractivity contribution is 7.89. The van der Waals surface area contributed by atoms with E-state index in [0.29, 0.717) is 0 Å². The number of rotatable bonds is 5. The van der Waals surface area contributed by atoms with E-state index in [2.05, 4.69) is 12.6 Å². The van der Waals surface area contributed by atoms with Crippen molar-refractivity contribution in [2.24, 2.45) is 11.8 Å². The van der Waals surface area contributed by atoms with Crippen molar-refractivity contribution in [3.05, 3.63) is 12.8 Å². The molecule has 0 aromatic rings. The van der Waals surface area contributed by atoms with Crippen molar-refractivity contribution in [2.75, 3.05) is 18.8 Å². The van der Waals surface area contributed by atoms with E-state index in [9.17, 15) is 8.42 Å². The minimum Gasteiger partial charge on any atom is -0.309 e. The van der Waals surface area contributed by atoms with Gasteiger partial charge >= 0.3 is 0 Å². The van der Waals surface area contributed by atoms with Crippen LogP contribution in [0.25, 0.3) is 0 Å². The smallest absolute Gasteiger partial charge is 0.213 e. The van der Waals surface area contributed by atoms with Gasteiger partial charge in [-0.15, -0.1) is 0 Å². The second-order valence-corrected chi connectivity index (χ2v) is 6.47. The molecule has 0 radical (unpaired) electrons. The monoisotopic (exact) mass is 258 g/mol. The lowest BCUT2D eigenvalue weighted by Gasteiger charge is -2.54. The second-order valence-electron chi connectivity index (χ2n) is 4.21. The first kappa shape index (κ1) is 14.0. The van der Waals surface area contributed by atoms with Crippen molar-refractivity contribution < 1.29 is 8.42 Å². The highest BCUT2D eigenvalue weighted by Crippen LogP contribution is 2.35. The maximum Gasteiger partial charge on any atom is 0.213 e. The Hall–Kier alpha value is -1.10. The lowest BCUT2D eigenvalue weighted by molar-refractivity contribution is -0.00770. The topological polar surface area (TPSA) is 90.4 Å². The Bertz CT molecular complexity index is 434. The number of hydrazine groups is 1. The third-order valence-electron chi connectivity index (χ3n) is 3.37. The molecule has 1 unspecified atom stereocenters. The summed E-state index contributed by atoms with van der Waals surface area (Å²) in [5, 5.41) is 10.3. The van der Waals surface area contributed by atoms with E-state index in [0.717, 1.165) is 0 Å². The van der Waals surface area contributed by atoms with Crippen LogP contribution in [0, 0.1) is 17.2 Å². The molecule has 0 amide bonds. The predicted molar refractivity (Wildman–Crippen MR) is 64.8 cm³/mol. The van der Waals surface area contributed by atoms with E-state index in [1.165, 1.54) is 15.5 Å². The molecule has 0 aliphatic carbocycles. The Kier molecular flexibility index (Phi) is 3.81. The van der Waals surface area contributed by atoms with Gasteiger partial charge in [0.25, 0.3) is 0 Å². The second kappa shape index (κ2) is 4.64. The summed E-state index contributed by atoms with van der Waals surface area (Å²) in [7, 11) is -3.21. The number of sulfonamides is 1. The third kappa shape index (κ3) is 2.16. The van der Waals surface area contributed by atoms with Crippen molar-refractivity contribution in [1.29, 1.82) is 5.26 Å². The van der Waals surface area contributed by atoms with Gasteiger partial charge in [0.15, 0.2) is 0 Å². The van der Waals surface area contributed by atoms with Gasteiger partial charge in [-0.25, -0.2) is 14.3 Å². The molecule has 1 saturated heterocycles. The average Bonchev–Trinajstić information content (AvgIpc) is 2.26. The molecule has 1 fully saturated rings. The summed E-state index contributed by atoms with van der Waals surface area (Å²) in [5.41, 5.74) is -0.654. The Morgan fingerprint density at radius 3 is 2.59 bits per heavy atom. The van der Waals surface area contributed by atoms with Crippen LogP contribution in [0.4, 0.5) is 0 Å². The SMILES string of the molecule is C=CN(N)C1(C(C)C#N)CN(S(=O)(=O)CC)C1. The van der Waals surface area contributed by atoms with Gasteiger partial charge in [0.05, 0.1) is 23.3 Å². The van der Waals surface area contributed by atoms with Crippen LogP contribution in [0.5, 0.6) is 0 Å². The first-order valence-corrected chi connectivity index (χ1v) is 6.99. The van der Waals surface area contributed by atoms with Crippen molar-refractivity contribution in [3.63, 3.8) is 0 Å². The first-order valence-electron chi connectivity index (χ1n) is 5.38. The Morgan fingerprint density at radius 1 is 1.71 bits per heavy atom. The summed E-state index contributed by atoms with van der Waals surface area (Å²) < 4.78 is 24.6. The summed E-state index contributed by atoms with van der Waals surface area (Å²) in [6.07, 6.45) is 1.42. The molecule has 1 heterocycles. The summed E-state index contributed by atoms with van der Waals surface area (Å²) in [4.78, 5) is 0. The summed E-state index contributed by atoms with van der Waals surface area (Å²) in [6, 6.07) is 2.12. The first-order chi connectivity index (χ1) is 7.84. The quantitative estimate of drug-likeness (QED) is 0.548. The van der Waals surface area contributed by atoms with E-state index in [4.69, 9.17) is 11.1 Å². The number of hydrogen-bond acceptors (Lipinski definition) is 5. The van der Waals surface area contributed by atoms with E-state index < -0.39 is 15.6 Å². The van der Waals surface area contributed by atoms with Crippen LogP contribution in [-0.2, 0) is 10.0 Å². The number of nitrogens with zero attached hydrogens (tertiary/aromatic N) is 3. The predicted octanol–water partition coefficient (Wildman–Crippen LogP) is -0.131. The lowest BCUT2D eigenvalue weighted by atomic mass is 9.80. The van der Waals surface area contributed by atoms with Gasteiger partial charge in [0.2, 0.25) is 10.0 Å². The van der Waals surface area contributed by atoms with Crippen LogP contribution in [0.15, 0.2) is 12.8 Å². The highest BCUT2D eigenvalue weighted by Gasteiger charge is 2.53. The Balaban J connectivity index is 2.91. The van der Waals surface area contributed by atoms with Crippen LogP contribution < -0.4 is 5.84 Å². The molecule has 6 nitrogen and oxygen atoms in total. The van der Waals surface area contributed by atoms with Crippen molar-refractivity contribution in [3.8, 4) is 6.07 Å². The molecule has 0 saturated carbocycles. The van der Waals surface area contributed by atoms with E-state index in [1.807, 2.05) is 0 Å². The molecule has 1 rings (SSSR count). The fourth-order valence-corrected chi connectivity index (χ4v) is 3.11. The van der Waals surface area contributed by atoms with E-state index in [-0.39, 0.29) is 24.8 Å². The molecule has 0 bridgehead atoms. The zero-order chi connectivity index (χ0) is 13.3. The molecule has 7 heteroatoms. The standard InChI is InChI=1S/C10H18N4O2S/c1-4-14(12)10(9(3)6-11)7-13(8-10)17(15,16)5-2/h4,9H,1,5,7-8,12H2,2-3H3. The largest absolute Gasteiger partial charge is 0.309 e. The Labute approximate surface area is 102 Å². The minimum absolute atomic E-state index is 0.0582. The van der Waals surface area contributed by atoms with E-state index in [1.54, 1.807) is 13.8 Å². The van der Waals surface area contributed by atoms with Gasteiger partial charge in [0, 0.05) is 19.3 Å². The molecule has 1 aliphatic heterocycles. The maximum atomic E-state index is 11.6. The van der Waals surface area contributed by atoms with Crippen molar-refractivity contribution >= 4 is 10.0 Å². The molecule has 17 heavy (non-hydrogen) atoms. The highest BCUT2D eigenvalue weighted by atomic mass is 32.2. The van der Waals surface area contributed by atoms with Crippen LogP contribution in [-0.4, -0.2) is 42.1 Å². The van der Waals surface area contributed by atoms with Gasteiger partial charge in [-0.3, -0.25) is 0 Å². The van der Waals surface area contributed by atoms with Crippen LogP contribution in [0.3, 0.4) is 0 Å². The molecular formula is C10H18N4O2S. The maximum absolute atomic E-state index is 11.6. The number of hydrogen-bond donors (Lipinski definition) is 1. The molecule has 0 spiro atoms. The van der Waals surface area contributed by atoms with Crippen LogP contribution in [0.1, 0.15) is 13.8 Å².